The van der Waals surface area contributed by atoms with E-state index in [0.717, 1.165) is 89.9 Å². The van der Waals surface area contributed by atoms with Crippen LogP contribution in [-0.4, -0.2) is 87.4 Å². The number of carboxylic acids is 1. The smallest absolute Gasteiger partial charge is 0.361 e. The van der Waals surface area contributed by atoms with Gasteiger partial charge in [0.25, 0.3) is 6.29 Å². The van der Waals surface area contributed by atoms with E-state index in [2.05, 4.69) is 86.8 Å². The van der Waals surface area contributed by atoms with Crippen molar-refractivity contribution >= 4 is 17.9 Å². The zero-order valence-corrected chi connectivity index (χ0v) is 48.0. The first-order chi connectivity index (χ1) is 35.6. The minimum absolute atomic E-state index is 0.183. The first kappa shape index (κ1) is 69.7. The number of nitrogens with zero attached hydrogens (tertiary/aromatic N) is 1. The molecule has 0 aliphatic heterocycles. The normalized spacial score (nSPS) is 13.3. The fraction of sp³-hybridized carbons (Fsp3) is 0.766. The van der Waals surface area contributed by atoms with E-state index >= 15 is 0 Å². The molecule has 0 fully saturated rings. The lowest BCUT2D eigenvalue weighted by Crippen LogP contribution is -2.40. The molecule has 0 saturated heterocycles. The minimum atomic E-state index is -1.52. The van der Waals surface area contributed by atoms with Crippen LogP contribution in [0.25, 0.3) is 0 Å². The fourth-order valence-corrected chi connectivity index (χ4v) is 8.33. The maximum absolute atomic E-state index is 12.9. The molecule has 0 amide bonds. The Morgan fingerprint density at radius 1 is 0.425 bits per heavy atom. The van der Waals surface area contributed by atoms with Gasteiger partial charge in [-0.05, 0) is 83.5 Å². The van der Waals surface area contributed by atoms with E-state index in [-0.39, 0.29) is 38.6 Å². The van der Waals surface area contributed by atoms with E-state index < -0.39 is 24.3 Å². The number of esters is 2. The third-order valence-electron chi connectivity index (χ3n) is 12.9. The summed E-state index contributed by atoms with van der Waals surface area (Å²) in [5.41, 5.74) is 0. The van der Waals surface area contributed by atoms with Gasteiger partial charge in [0, 0.05) is 12.8 Å². The maximum atomic E-state index is 12.9. The minimum Gasteiger partial charge on any atom is -0.477 e. The number of rotatable bonds is 55. The van der Waals surface area contributed by atoms with Gasteiger partial charge in [-0.2, -0.15) is 0 Å². The standard InChI is InChI=1S/C64H113NO8/c1-6-8-10-12-14-16-18-20-22-23-24-25-26-27-28-29-30-31-32-33-34-35-36-37-38-39-41-43-45-47-49-51-53-55-62(67)73-60(59-72-64(63(68)69)70-57-56-65(3,4)5)58-71-61(66)54-52-50-48-46-44-42-40-21-19-17-15-13-11-9-7-2/h9,11,15,17-18,20-21,23-24,26-27,40,60,64H,6-8,10,12-14,16,19,22,25,28-39,41-59H2,1-5H3/p+1/b11-9-,17-15-,20-18-,24-23-,27-26-,40-21-. The predicted octanol–water partition coefficient (Wildman–Crippen LogP) is 17.8. The first-order valence-corrected chi connectivity index (χ1v) is 30.1. The van der Waals surface area contributed by atoms with Crippen molar-refractivity contribution in [2.45, 2.75) is 270 Å². The van der Waals surface area contributed by atoms with Crippen LogP contribution in [0.5, 0.6) is 0 Å². The molecule has 73 heavy (non-hydrogen) atoms. The number of allylic oxidation sites excluding steroid dienone is 12. The molecule has 0 rings (SSSR count). The van der Waals surface area contributed by atoms with E-state index in [0.29, 0.717) is 11.0 Å². The van der Waals surface area contributed by atoms with Crippen molar-refractivity contribution < 1.29 is 42.9 Å². The van der Waals surface area contributed by atoms with Crippen LogP contribution in [-0.2, 0) is 33.3 Å². The summed E-state index contributed by atoms with van der Waals surface area (Å²) in [6.07, 6.45) is 68.6. The SMILES string of the molecule is CC/C=C\C/C=C\C/C=C\CCCCCCCC(=O)OCC(COC(OCC[N+](C)(C)C)C(=O)O)OC(=O)CCCCCCCCCCCCCCCCCCCC/C=C\C/C=C\C/C=C\CCCCCCC. The number of carbonyl (C=O) groups is 3. The van der Waals surface area contributed by atoms with Crippen molar-refractivity contribution in [2.75, 3.05) is 47.5 Å². The van der Waals surface area contributed by atoms with Crippen LogP contribution in [0.1, 0.15) is 258 Å². The second-order valence-corrected chi connectivity index (χ2v) is 21.3. The first-order valence-electron chi connectivity index (χ1n) is 30.1. The van der Waals surface area contributed by atoms with Crippen molar-refractivity contribution in [1.29, 1.82) is 0 Å². The number of likely N-dealkylation sites (N-methyl/N-ethyl adjacent to an activating group) is 1. The van der Waals surface area contributed by atoms with E-state index in [1.807, 2.05) is 21.1 Å². The Hall–Kier alpha value is -3.27. The summed E-state index contributed by atoms with van der Waals surface area (Å²) in [5.74, 6) is -2.02. The van der Waals surface area contributed by atoms with Crippen LogP contribution >= 0.6 is 0 Å². The zero-order valence-electron chi connectivity index (χ0n) is 48.0. The van der Waals surface area contributed by atoms with Gasteiger partial charge in [-0.1, -0.05) is 234 Å². The lowest BCUT2D eigenvalue weighted by molar-refractivity contribution is -0.870. The number of aliphatic carboxylic acids is 1. The molecule has 2 atom stereocenters. The van der Waals surface area contributed by atoms with Gasteiger partial charge in [-0.3, -0.25) is 9.59 Å². The Labute approximate surface area is 449 Å². The summed E-state index contributed by atoms with van der Waals surface area (Å²) < 4.78 is 22.9. The molecule has 0 bridgehead atoms. The molecule has 0 heterocycles. The van der Waals surface area contributed by atoms with Crippen LogP contribution in [0.4, 0.5) is 0 Å². The highest BCUT2D eigenvalue weighted by atomic mass is 16.7. The topological polar surface area (TPSA) is 108 Å². The van der Waals surface area contributed by atoms with E-state index in [9.17, 15) is 19.5 Å². The van der Waals surface area contributed by atoms with Crippen molar-refractivity contribution in [3.8, 4) is 0 Å². The molecule has 0 aliphatic carbocycles. The van der Waals surface area contributed by atoms with Crippen molar-refractivity contribution in [3.05, 3.63) is 72.9 Å². The molecule has 2 unspecified atom stereocenters. The molecule has 0 radical (unpaired) electrons. The van der Waals surface area contributed by atoms with Gasteiger partial charge in [-0.25, -0.2) is 4.79 Å². The van der Waals surface area contributed by atoms with E-state index in [4.69, 9.17) is 18.9 Å². The van der Waals surface area contributed by atoms with Gasteiger partial charge in [0.15, 0.2) is 6.10 Å². The number of hydrogen-bond acceptors (Lipinski definition) is 7. The average Bonchev–Trinajstić information content (AvgIpc) is 3.36. The molecule has 1 N–H and O–H groups in total. The second-order valence-electron chi connectivity index (χ2n) is 21.3. The molecule has 0 aromatic heterocycles. The van der Waals surface area contributed by atoms with E-state index in [1.165, 1.54) is 141 Å². The van der Waals surface area contributed by atoms with Gasteiger partial charge in [0.2, 0.25) is 0 Å². The van der Waals surface area contributed by atoms with Gasteiger partial charge in [0.1, 0.15) is 13.2 Å². The molecule has 9 heteroatoms. The Morgan fingerprint density at radius 2 is 0.781 bits per heavy atom. The lowest BCUT2D eigenvalue weighted by Gasteiger charge is -2.25. The Morgan fingerprint density at radius 3 is 1.16 bits per heavy atom. The molecule has 0 aliphatic rings. The number of carboxylic acid groups (broad SMARTS) is 1. The highest BCUT2D eigenvalue weighted by molar-refractivity contribution is 5.71. The predicted molar refractivity (Wildman–Crippen MR) is 309 cm³/mol. The molecule has 0 aromatic carbocycles. The fourth-order valence-electron chi connectivity index (χ4n) is 8.33. The Kier molecular flexibility index (Phi) is 52.5. The quantitative estimate of drug-likeness (QED) is 0.0211. The number of unbranched alkanes of at least 4 members (excludes halogenated alkanes) is 28. The van der Waals surface area contributed by atoms with Gasteiger partial charge in [-0.15, -0.1) is 0 Å². The monoisotopic (exact) mass is 1020 g/mol. The van der Waals surface area contributed by atoms with Crippen molar-refractivity contribution in [1.82, 2.24) is 0 Å². The largest absolute Gasteiger partial charge is 0.477 e. The summed E-state index contributed by atoms with van der Waals surface area (Å²) in [7, 11) is 5.96. The third-order valence-corrected chi connectivity index (χ3v) is 12.9. The molecule has 0 saturated carbocycles. The van der Waals surface area contributed by atoms with E-state index in [1.54, 1.807) is 0 Å². The molecule has 0 aromatic rings. The zero-order chi connectivity index (χ0) is 53.4. The van der Waals surface area contributed by atoms with Crippen LogP contribution in [0.2, 0.25) is 0 Å². The highest BCUT2D eigenvalue weighted by Gasteiger charge is 2.25. The number of hydrogen-bond donors (Lipinski definition) is 1. The van der Waals surface area contributed by atoms with Crippen LogP contribution < -0.4 is 0 Å². The molecule has 422 valence electrons. The lowest BCUT2D eigenvalue weighted by atomic mass is 10.0. The number of ether oxygens (including phenoxy) is 4. The molecule has 9 nitrogen and oxygen atoms in total. The number of quaternary nitrogens is 1. The van der Waals surface area contributed by atoms with Crippen molar-refractivity contribution in [2.24, 2.45) is 0 Å². The van der Waals surface area contributed by atoms with Crippen molar-refractivity contribution in [3.63, 3.8) is 0 Å². The maximum Gasteiger partial charge on any atom is 0.361 e. The highest BCUT2D eigenvalue weighted by Crippen LogP contribution is 2.16. The summed E-state index contributed by atoms with van der Waals surface area (Å²) >= 11 is 0. The Bertz CT molecular complexity index is 1420. The van der Waals surface area contributed by atoms with Crippen LogP contribution in [0, 0.1) is 0 Å². The Balaban J connectivity index is 4.11. The molecular weight excluding hydrogens is 911 g/mol. The van der Waals surface area contributed by atoms with Crippen LogP contribution in [0.3, 0.4) is 0 Å². The summed E-state index contributed by atoms with van der Waals surface area (Å²) in [6, 6.07) is 0. The van der Waals surface area contributed by atoms with Gasteiger partial charge < -0.3 is 28.5 Å². The third kappa shape index (κ3) is 56.3. The molecule has 0 spiro atoms. The summed E-state index contributed by atoms with van der Waals surface area (Å²) in [4.78, 5) is 37.4. The summed E-state index contributed by atoms with van der Waals surface area (Å²) in [5, 5.41) is 9.70. The van der Waals surface area contributed by atoms with Crippen LogP contribution in [0.15, 0.2) is 72.9 Å². The second kappa shape index (κ2) is 55.0. The molecular formula is C64H114NO8+. The van der Waals surface area contributed by atoms with Gasteiger partial charge in [0.05, 0.1) is 34.4 Å². The number of carbonyl (C=O) groups excluding carboxylic acids is 2. The summed E-state index contributed by atoms with van der Waals surface area (Å²) in [6.45, 7) is 4.74. The van der Waals surface area contributed by atoms with Gasteiger partial charge >= 0.3 is 17.9 Å². The average molecular weight is 1030 g/mol.